The molecule has 4 N–H and O–H groups in total. The summed E-state index contributed by atoms with van der Waals surface area (Å²) in [6, 6.07) is 13.4. The monoisotopic (exact) mass is 408 g/mol. The fraction of sp³-hybridized carbons (Fsp3) is 0.273. The van der Waals surface area contributed by atoms with E-state index < -0.39 is 0 Å². The molecular weight excluding hydrogens is 384 g/mol. The molecule has 8 heteroatoms. The van der Waals surface area contributed by atoms with E-state index in [2.05, 4.69) is 21.1 Å². The Morgan fingerprint density at radius 1 is 0.733 bits per heavy atom. The van der Waals surface area contributed by atoms with Crippen LogP contribution < -0.4 is 10.9 Å². The molecule has 1 saturated carbocycles. The average Bonchev–Trinajstić information content (AvgIpc) is 2.76. The number of hydrogen-bond acceptors (Lipinski definition) is 6. The Labute approximate surface area is 174 Å². The third-order valence-corrected chi connectivity index (χ3v) is 5.10. The lowest BCUT2D eigenvalue weighted by Crippen LogP contribution is -2.35. The molecule has 0 bridgehead atoms. The van der Waals surface area contributed by atoms with E-state index in [1.165, 1.54) is 12.4 Å². The predicted octanol–water partition coefficient (Wildman–Crippen LogP) is 2.50. The Bertz CT molecular complexity index is 872. The van der Waals surface area contributed by atoms with Crippen molar-refractivity contribution in [2.24, 2.45) is 22.0 Å². The van der Waals surface area contributed by atoms with E-state index in [0.29, 0.717) is 36.8 Å². The van der Waals surface area contributed by atoms with Crippen LogP contribution in [-0.4, -0.2) is 34.5 Å². The summed E-state index contributed by atoms with van der Waals surface area (Å²) in [7, 11) is 0. The topological polar surface area (TPSA) is 123 Å². The summed E-state index contributed by atoms with van der Waals surface area (Å²) in [6.07, 6.45) is 5.13. The largest absolute Gasteiger partial charge is 0.507 e. The summed E-state index contributed by atoms with van der Waals surface area (Å²) in [4.78, 5) is 24.6. The second kappa shape index (κ2) is 10.2. The Hall–Kier alpha value is -3.68. The SMILES string of the molecule is O=C(NN=Cc1ccccc1O)C1CCC(C(=O)NN=Cc2ccccc2O)CC1. The predicted molar refractivity (Wildman–Crippen MR) is 113 cm³/mol. The first-order chi connectivity index (χ1) is 14.5. The molecule has 156 valence electrons. The summed E-state index contributed by atoms with van der Waals surface area (Å²) in [5, 5.41) is 27.2. The van der Waals surface area contributed by atoms with Gasteiger partial charge in [0.15, 0.2) is 0 Å². The minimum Gasteiger partial charge on any atom is -0.507 e. The van der Waals surface area contributed by atoms with E-state index in [0.717, 1.165) is 0 Å². The lowest BCUT2D eigenvalue weighted by atomic mass is 9.81. The van der Waals surface area contributed by atoms with Crippen LogP contribution in [0.15, 0.2) is 58.7 Å². The molecule has 1 aliphatic rings. The van der Waals surface area contributed by atoms with Gasteiger partial charge in [0.2, 0.25) is 11.8 Å². The van der Waals surface area contributed by atoms with Gasteiger partial charge in [0, 0.05) is 23.0 Å². The zero-order chi connectivity index (χ0) is 21.3. The molecule has 0 atom stereocenters. The van der Waals surface area contributed by atoms with Crippen molar-refractivity contribution in [1.82, 2.24) is 10.9 Å². The fourth-order valence-corrected chi connectivity index (χ4v) is 3.32. The zero-order valence-electron chi connectivity index (χ0n) is 16.4. The van der Waals surface area contributed by atoms with Crippen LogP contribution in [-0.2, 0) is 9.59 Å². The van der Waals surface area contributed by atoms with E-state index >= 15 is 0 Å². The molecule has 1 aliphatic carbocycles. The van der Waals surface area contributed by atoms with E-state index in [1.807, 2.05) is 0 Å². The summed E-state index contributed by atoms with van der Waals surface area (Å²) < 4.78 is 0. The molecule has 2 aromatic rings. The molecule has 0 radical (unpaired) electrons. The lowest BCUT2D eigenvalue weighted by molar-refractivity contribution is -0.130. The normalized spacial score (nSPS) is 19.1. The minimum absolute atomic E-state index is 0.0900. The summed E-state index contributed by atoms with van der Waals surface area (Å²) in [6.45, 7) is 0. The van der Waals surface area contributed by atoms with Gasteiger partial charge in [-0.05, 0) is 49.9 Å². The Morgan fingerprint density at radius 2 is 1.10 bits per heavy atom. The number of hydrazone groups is 2. The van der Waals surface area contributed by atoms with Crippen LogP contribution in [0, 0.1) is 11.8 Å². The summed E-state index contributed by atoms with van der Waals surface area (Å²) in [5.74, 6) is -0.629. The number of rotatable bonds is 6. The van der Waals surface area contributed by atoms with Crippen molar-refractivity contribution in [3.05, 3.63) is 59.7 Å². The van der Waals surface area contributed by atoms with Gasteiger partial charge in [-0.3, -0.25) is 9.59 Å². The first-order valence-corrected chi connectivity index (χ1v) is 9.76. The molecule has 1 fully saturated rings. The Morgan fingerprint density at radius 3 is 1.47 bits per heavy atom. The van der Waals surface area contributed by atoms with Gasteiger partial charge in [-0.15, -0.1) is 0 Å². The molecule has 3 rings (SSSR count). The maximum atomic E-state index is 12.3. The smallest absolute Gasteiger partial charge is 0.243 e. The average molecular weight is 408 g/mol. The first-order valence-electron chi connectivity index (χ1n) is 9.76. The number of nitrogens with zero attached hydrogens (tertiary/aromatic N) is 2. The van der Waals surface area contributed by atoms with Gasteiger partial charge < -0.3 is 10.2 Å². The van der Waals surface area contributed by atoms with Crippen LogP contribution in [0.4, 0.5) is 0 Å². The standard InChI is InChI=1S/C22H24N4O4/c27-19-7-3-1-5-17(19)13-23-25-21(29)15-9-11-16(12-10-15)22(30)26-24-14-18-6-2-4-8-20(18)28/h1-8,13-16,27-28H,9-12H2,(H,25,29)(H,26,30). The number of nitrogens with one attached hydrogen (secondary N) is 2. The number of carbonyl (C=O) groups is 2. The molecule has 2 amide bonds. The lowest BCUT2D eigenvalue weighted by Gasteiger charge is -2.25. The van der Waals surface area contributed by atoms with Gasteiger partial charge in [0.05, 0.1) is 12.4 Å². The second-order valence-electron chi connectivity index (χ2n) is 7.13. The second-order valence-corrected chi connectivity index (χ2v) is 7.13. The van der Waals surface area contributed by atoms with Gasteiger partial charge in [0.25, 0.3) is 0 Å². The van der Waals surface area contributed by atoms with Gasteiger partial charge in [-0.2, -0.15) is 10.2 Å². The van der Waals surface area contributed by atoms with Crippen molar-refractivity contribution in [3.8, 4) is 11.5 Å². The van der Waals surface area contributed by atoms with Gasteiger partial charge in [-0.1, -0.05) is 24.3 Å². The molecule has 0 heterocycles. The number of amides is 2. The van der Waals surface area contributed by atoms with Gasteiger partial charge in [-0.25, -0.2) is 10.9 Å². The van der Waals surface area contributed by atoms with Crippen molar-refractivity contribution < 1.29 is 19.8 Å². The van der Waals surface area contributed by atoms with Crippen molar-refractivity contribution in [3.63, 3.8) is 0 Å². The molecule has 30 heavy (non-hydrogen) atoms. The molecule has 0 spiro atoms. The minimum atomic E-state index is -0.208. The molecular formula is C22H24N4O4. The van der Waals surface area contributed by atoms with Crippen LogP contribution >= 0.6 is 0 Å². The van der Waals surface area contributed by atoms with E-state index in [-0.39, 0.29) is 35.1 Å². The van der Waals surface area contributed by atoms with Crippen LogP contribution in [0.3, 0.4) is 0 Å². The Balaban J connectivity index is 1.42. The highest BCUT2D eigenvalue weighted by atomic mass is 16.3. The third-order valence-electron chi connectivity index (χ3n) is 5.10. The van der Waals surface area contributed by atoms with E-state index in [1.54, 1.807) is 48.5 Å². The molecule has 0 saturated heterocycles. The van der Waals surface area contributed by atoms with Crippen molar-refractivity contribution in [1.29, 1.82) is 0 Å². The first kappa shape index (κ1) is 21.0. The van der Waals surface area contributed by atoms with Gasteiger partial charge in [0.1, 0.15) is 11.5 Å². The third kappa shape index (κ3) is 5.66. The highest BCUT2D eigenvalue weighted by Crippen LogP contribution is 2.29. The van der Waals surface area contributed by atoms with Crippen molar-refractivity contribution >= 4 is 24.2 Å². The Kier molecular flexibility index (Phi) is 7.15. The van der Waals surface area contributed by atoms with Crippen LogP contribution in [0.25, 0.3) is 0 Å². The van der Waals surface area contributed by atoms with Crippen LogP contribution in [0.1, 0.15) is 36.8 Å². The van der Waals surface area contributed by atoms with Gasteiger partial charge >= 0.3 is 0 Å². The number of para-hydroxylation sites is 2. The maximum absolute atomic E-state index is 12.3. The highest BCUT2D eigenvalue weighted by molar-refractivity contribution is 5.87. The summed E-state index contributed by atoms with van der Waals surface area (Å²) >= 11 is 0. The van der Waals surface area contributed by atoms with Crippen LogP contribution in [0.2, 0.25) is 0 Å². The molecule has 0 aliphatic heterocycles. The quantitative estimate of drug-likeness (QED) is 0.433. The molecule has 8 nitrogen and oxygen atoms in total. The number of hydrogen-bond donors (Lipinski definition) is 4. The maximum Gasteiger partial charge on any atom is 0.243 e. The summed E-state index contributed by atoms with van der Waals surface area (Å²) in [5.41, 5.74) is 6.04. The number of benzene rings is 2. The van der Waals surface area contributed by atoms with Crippen molar-refractivity contribution in [2.75, 3.05) is 0 Å². The van der Waals surface area contributed by atoms with E-state index in [4.69, 9.17) is 0 Å². The highest BCUT2D eigenvalue weighted by Gasteiger charge is 2.29. The molecule has 0 unspecified atom stereocenters. The number of aromatic hydroxyl groups is 2. The zero-order valence-corrected chi connectivity index (χ0v) is 16.4. The number of phenolic OH excluding ortho intramolecular Hbond substituents is 2. The van der Waals surface area contributed by atoms with Crippen molar-refractivity contribution in [2.45, 2.75) is 25.7 Å². The number of phenols is 2. The van der Waals surface area contributed by atoms with E-state index in [9.17, 15) is 19.8 Å². The van der Waals surface area contributed by atoms with Crippen LogP contribution in [0.5, 0.6) is 11.5 Å². The molecule has 2 aromatic carbocycles. The fourth-order valence-electron chi connectivity index (χ4n) is 3.32. The molecule has 0 aromatic heterocycles. The number of carbonyl (C=O) groups excluding carboxylic acids is 2.